The summed E-state index contributed by atoms with van der Waals surface area (Å²) in [5.74, 6) is 0. The van der Waals surface area contributed by atoms with Crippen molar-refractivity contribution in [2.75, 3.05) is 0 Å². The largest absolute Gasteiger partial charge is 0.308 e. The number of allylic oxidation sites excluding steroid dienone is 8. The van der Waals surface area contributed by atoms with Crippen molar-refractivity contribution in [2.45, 2.75) is 34.6 Å². The van der Waals surface area contributed by atoms with Crippen LogP contribution in [0.3, 0.4) is 0 Å². The minimum absolute atomic E-state index is 0.807. The van der Waals surface area contributed by atoms with Gasteiger partial charge in [0.25, 0.3) is 0 Å². The van der Waals surface area contributed by atoms with Gasteiger partial charge in [0.2, 0.25) is 0 Å². The van der Waals surface area contributed by atoms with Gasteiger partial charge in [-0.25, -0.2) is 0 Å². The average molecular weight is 588 g/mol. The van der Waals surface area contributed by atoms with E-state index in [1.165, 1.54) is 11.8 Å². The second kappa shape index (κ2) is 16.0. The fraction of sp³-hybridized carbons (Fsp3) is 0.114. The molecular weight excluding hydrogens is 542 g/mol. The minimum Gasteiger partial charge on any atom is -0.308 e. The molecule has 1 heteroatoms. The zero-order valence-corrected chi connectivity index (χ0v) is 27.5. The standard InChI is InChI=1S/C42H39N.C2H6/c1-9-16-33(27-43)31-23-25-32(26-24-31)41-35(11-3)36(12-4)42(40-18-14-13-17-39(40)41)38-20-15-19-37(34(38)10-2)30(8)29(7)22-21-28(5)6;1-2/h9-27,43H,1-4,8H2,5-7H3;1-2H3/b29-22+,33-16+,43-27?;. The summed E-state index contributed by atoms with van der Waals surface area (Å²) < 4.78 is 0. The monoisotopic (exact) mass is 587 g/mol. The molecule has 0 aliphatic carbocycles. The van der Waals surface area contributed by atoms with E-state index in [2.05, 4.69) is 133 Å². The molecule has 0 aliphatic rings. The van der Waals surface area contributed by atoms with Crippen LogP contribution in [0, 0.1) is 5.41 Å². The Morgan fingerprint density at radius 1 is 0.644 bits per heavy atom. The van der Waals surface area contributed by atoms with Gasteiger partial charge in [-0.15, -0.1) is 0 Å². The van der Waals surface area contributed by atoms with Crippen LogP contribution in [0.15, 0.2) is 135 Å². The summed E-state index contributed by atoms with van der Waals surface area (Å²) in [6.07, 6.45) is 14.9. The lowest BCUT2D eigenvalue weighted by Crippen LogP contribution is -1.99. The average Bonchev–Trinajstić information content (AvgIpc) is 3.08. The van der Waals surface area contributed by atoms with Gasteiger partial charge in [-0.1, -0.05) is 162 Å². The minimum atomic E-state index is 0.807. The summed E-state index contributed by atoms with van der Waals surface area (Å²) in [6.45, 7) is 31.3. The Balaban J connectivity index is 0.00000271. The Bertz CT molecular complexity index is 1860. The second-order valence-corrected chi connectivity index (χ2v) is 10.7. The molecule has 0 amide bonds. The van der Waals surface area contributed by atoms with Crippen molar-refractivity contribution in [3.8, 4) is 22.3 Å². The van der Waals surface area contributed by atoms with Crippen molar-refractivity contribution >= 4 is 46.4 Å². The second-order valence-electron chi connectivity index (χ2n) is 10.7. The molecule has 0 bridgehead atoms. The molecule has 1 nitrogen and oxygen atoms in total. The predicted molar refractivity (Wildman–Crippen MR) is 206 cm³/mol. The first-order valence-electron chi connectivity index (χ1n) is 15.4. The van der Waals surface area contributed by atoms with Crippen molar-refractivity contribution in [1.82, 2.24) is 0 Å². The van der Waals surface area contributed by atoms with E-state index in [0.717, 1.165) is 77.6 Å². The summed E-state index contributed by atoms with van der Waals surface area (Å²) in [6, 6.07) is 23.2. The molecule has 0 aliphatic heterocycles. The van der Waals surface area contributed by atoms with E-state index < -0.39 is 0 Å². The number of fused-ring (bicyclic) bond motifs is 1. The molecule has 0 spiro atoms. The van der Waals surface area contributed by atoms with Crippen molar-refractivity contribution in [2.24, 2.45) is 0 Å². The van der Waals surface area contributed by atoms with Gasteiger partial charge in [-0.3, -0.25) is 0 Å². The summed E-state index contributed by atoms with van der Waals surface area (Å²) in [4.78, 5) is 0. The molecule has 4 aromatic rings. The first-order valence-corrected chi connectivity index (χ1v) is 15.4. The van der Waals surface area contributed by atoms with E-state index in [1.807, 2.05) is 38.2 Å². The van der Waals surface area contributed by atoms with Crippen LogP contribution in [0.4, 0.5) is 0 Å². The molecule has 4 aromatic carbocycles. The molecule has 0 radical (unpaired) electrons. The Kier molecular flexibility index (Phi) is 12.2. The third-order valence-corrected chi connectivity index (χ3v) is 7.71. The molecule has 1 N–H and O–H groups in total. The molecular formula is C44H45N. The quantitative estimate of drug-likeness (QED) is 0.133. The third-order valence-electron chi connectivity index (χ3n) is 7.71. The van der Waals surface area contributed by atoms with Gasteiger partial charge in [0.15, 0.2) is 0 Å². The van der Waals surface area contributed by atoms with Crippen LogP contribution in [-0.4, -0.2) is 6.21 Å². The van der Waals surface area contributed by atoms with Crippen molar-refractivity contribution in [3.63, 3.8) is 0 Å². The van der Waals surface area contributed by atoms with Crippen molar-refractivity contribution in [3.05, 3.63) is 163 Å². The number of rotatable bonds is 11. The summed E-state index contributed by atoms with van der Waals surface area (Å²) in [5.41, 5.74) is 13.5. The maximum absolute atomic E-state index is 7.80. The van der Waals surface area contributed by atoms with Crippen LogP contribution in [0.2, 0.25) is 0 Å². The van der Waals surface area contributed by atoms with E-state index in [1.54, 1.807) is 6.08 Å². The van der Waals surface area contributed by atoms with Gasteiger partial charge in [0.05, 0.1) is 0 Å². The molecule has 0 saturated heterocycles. The zero-order chi connectivity index (χ0) is 33.1. The number of hydrogen-bond donors (Lipinski definition) is 1. The normalized spacial score (nSPS) is 11.1. The van der Waals surface area contributed by atoms with Crippen LogP contribution in [0.1, 0.15) is 62.4 Å². The van der Waals surface area contributed by atoms with E-state index in [0.29, 0.717) is 0 Å². The summed E-state index contributed by atoms with van der Waals surface area (Å²) >= 11 is 0. The van der Waals surface area contributed by atoms with Crippen molar-refractivity contribution in [1.29, 1.82) is 5.41 Å². The lowest BCUT2D eigenvalue weighted by Gasteiger charge is -2.22. The van der Waals surface area contributed by atoms with Gasteiger partial charge >= 0.3 is 0 Å². The Morgan fingerprint density at radius 3 is 1.76 bits per heavy atom. The topological polar surface area (TPSA) is 23.9 Å². The molecule has 45 heavy (non-hydrogen) atoms. The van der Waals surface area contributed by atoms with Gasteiger partial charge in [-0.2, -0.15) is 0 Å². The maximum atomic E-state index is 7.80. The lowest BCUT2D eigenvalue weighted by molar-refractivity contribution is 1.38. The van der Waals surface area contributed by atoms with Crippen LogP contribution >= 0.6 is 0 Å². The van der Waals surface area contributed by atoms with E-state index in [4.69, 9.17) is 5.41 Å². The SMILES string of the molecule is C=C/C=C(\C=N)c1ccc(-c2c(C=C)c(C=C)c(-c3cccc(C(=C)/C(C)=C/C=C(C)C)c3C=C)c3ccccc23)cc1.CC. The fourth-order valence-electron chi connectivity index (χ4n) is 5.56. The Labute approximate surface area is 270 Å². The highest BCUT2D eigenvalue weighted by Gasteiger charge is 2.21. The molecule has 0 unspecified atom stereocenters. The first-order chi connectivity index (χ1) is 21.8. The highest BCUT2D eigenvalue weighted by Crippen LogP contribution is 2.45. The van der Waals surface area contributed by atoms with Gasteiger partial charge in [0.1, 0.15) is 0 Å². The summed E-state index contributed by atoms with van der Waals surface area (Å²) in [7, 11) is 0. The zero-order valence-electron chi connectivity index (χ0n) is 27.5. The highest BCUT2D eigenvalue weighted by atomic mass is 14.3. The van der Waals surface area contributed by atoms with E-state index in [-0.39, 0.29) is 0 Å². The number of benzene rings is 4. The first kappa shape index (κ1) is 34.2. The van der Waals surface area contributed by atoms with Crippen LogP contribution in [0.25, 0.3) is 62.4 Å². The van der Waals surface area contributed by atoms with Gasteiger partial charge in [-0.05, 0) is 98.3 Å². The van der Waals surface area contributed by atoms with Crippen LogP contribution < -0.4 is 0 Å². The van der Waals surface area contributed by atoms with E-state index >= 15 is 0 Å². The van der Waals surface area contributed by atoms with Crippen LogP contribution in [-0.2, 0) is 0 Å². The molecule has 0 fully saturated rings. The molecule has 226 valence electrons. The molecule has 0 atom stereocenters. The summed E-state index contributed by atoms with van der Waals surface area (Å²) in [5, 5.41) is 10.0. The Hall–Kier alpha value is -5.27. The highest BCUT2D eigenvalue weighted by molar-refractivity contribution is 6.13. The third kappa shape index (κ3) is 7.11. The molecule has 0 aromatic heterocycles. The van der Waals surface area contributed by atoms with Crippen molar-refractivity contribution < 1.29 is 0 Å². The molecule has 0 saturated carbocycles. The predicted octanol–water partition coefficient (Wildman–Crippen LogP) is 13.3. The molecule has 4 rings (SSSR count). The van der Waals surface area contributed by atoms with Crippen LogP contribution in [0.5, 0.6) is 0 Å². The van der Waals surface area contributed by atoms with E-state index in [9.17, 15) is 0 Å². The number of nitrogens with one attached hydrogen (secondary N) is 1. The Morgan fingerprint density at radius 2 is 1.22 bits per heavy atom. The molecule has 0 heterocycles. The van der Waals surface area contributed by atoms with Gasteiger partial charge < -0.3 is 5.41 Å². The smallest absolute Gasteiger partial charge is 0.0256 e. The lowest BCUT2D eigenvalue weighted by atomic mass is 9.81. The van der Waals surface area contributed by atoms with Gasteiger partial charge in [0, 0.05) is 6.21 Å². The fourth-order valence-corrected chi connectivity index (χ4v) is 5.56. The number of hydrogen-bond acceptors (Lipinski definition) is 1. The maximum Gasteiger partial charge on any atom is 0.0256 e.